The van der Waals surface area contributed by atoms with Crippen LogP contribution in [0.25, 0.3) is 10.8 Å². The molecule has 0 bridgehead atoms. The average molecular weight is 397 g/mol. The minimum atomic E-state index is -3.62. The number of hydrogen-bond donors (Lipinski definition) is 1. The quantitative estimate of drug-likeness (QED) is 0.664. The van der Waals surface area contributed by atoms with E-state index >= 15 is 0 Å². The number of sulfonamides is 1. The van der Waals surface area contributed by atoms with Crippen molar-refractivity contribution in [1.82, 2.24) is 5.32 Å². The third kappa shape index (κ3) is 4.70. The molecule has 6 heteroatoms. The Morgan fingerprint density at radius 3 is 2.32 bits per heavy atom. The first-order chi connectivity index (χ1) is 13.4. The number of amides is 1. The summed E-state index contributed by atoms with van der Waals surface area (Å²) >= 11 is 0. The topological polar surface area (TPSA) is 66.5 Å². The molecule has 0 spiro atoms. The van der Waals surface area contributed by atoms with Gasteiger partial charge in [-0.15, -0.1) is 0 Å². The van der Waals surface area contributed by atoms with E-state index in [0.717, 1.165) is 26.9 Å². The van der Waals surface area contributed by atoms with Crippen LogP contribution in [0.3, 0.4) is 0 Å². The van der Waals surface area contributed by atoms with Crippen molar-refractivity contribution in [3.63, 3.8) is 0 Å². The molecular weight excluding hydrogens is 372 g/mol. The predicted molar refractivity (Wildman–Crippen MR) is 114 cm³/mol. The van der Waals surface area contributed by atoms with E-state index in [0.29, 0.717) is 12.2 Å². The standard InChI is InChI=1S/C22H24N2O3S/c1-17(18-9-4-3-5-10-18)15-23-22(25)16-24(28(2,26)27)21-14-8-12-19-11-6-7-13-20(19)21/h3-14,17H,15-16H2,1-2H3,(H,23,25)/t17-/m0/s1. The van der Waals surface area contributed by atoms with Gasteiger partial charge in [-0.25, -0.2) is 8.42 Å². The Hall–Kier alpha value is -2.86. The molecule has 0 heterocycles. The van der Waals surface area contributed by atoms with Gasteiger partial charge in [-0.3, -0.25) is 9.10 Å². The molecule has 3 rings (SSSR count). The van der Waals surface area contributed by atoms with E-state index in [1.807, 2.05) is 67.6 Å². The van der Waals surface area contributed by atoms with Crippen LogP contribution >= 0.6 is 0 Å². The van der Waals surface area contributed by atoms with Crippen LogP contribution in [-0.2, 0) is 14.8 Å². The molecule has 0 saturated carbocycles. The Morgan fingerprint density at radius 2 is 1.61 bits per heavy atom. The van der Waals surface area contributed by atoms with E-state index in [4.69, 9.17) is 0 Å². The van der Waals surface area contributed by atoms with E-state index in [2.05, 4.69) is 5.32 Å². The van der Waals surface area contributed by atoms with Crippen molar-refractivity contribution >= 4 is 32.4 Å². The SMILES string of the molecule is C[C@@H](CNC(=O)CN(c1cccc2ccccc12)S(C)(=O)=O)c1ccccc1. The normalized spacial score (nSPS) is 12.5. The minimum absolute atomic E-state index is 0.134. The fourth-order valence-electron chi connectivity index (χ4n) is 3.16. The van der Waals surface area contributed by atoms with Crippen LogP contribution in [0.2, 0.25) is 0 Å². The van der Waals surface area contributed by atoms with E-state index in [1.54, 1.807) is 12.1 Å². The molecule has 0 fully saturated rings. The van der Waals surface area contributed by atoms with Crippen molar-refractivity contribution in [1.29, 1.82) is 0 Å². The van der Waals surface area contributed by atoms with Gasteiger partial charge in [0.15, 0.2) is 0 Å². The van der Waals surface area contributed by atoms with E-state index in [-0.39, 0.29) is 18.4 Å². The Morgan fingerprint density at radius 1 is 0.964 bits per heavy atom. The second-order valence-electron chi connectivity index (χ2n) is 6.88. The van der Waals surface area contributed by atoms with Crippen molar-refractivity contribution in [2.75, 3.05) is 23.7 Å². The molecule has 146 valence electrons. The highest BCUT2D eigenvalue weighted by Gasteiger charge is 2.22. The predicted octanol–water partition coefficient (Wildman–Crippen LogP) is 3.53. The Balaban J connectivity index is 1.77. The molecule has 1 atom stereocenters. The lowest BCUT2D eigenvalue weighted by Gasteiger charge is -2.24. The fraction of sp³-hybridized carbons (Fsp3) is 0.227. The van der Waals surface area contributed by atoms with Crippen LogP contribution in [0.5, 0.6) is 0 Å². The number of carbonyl (C=O) groups is 1. The molecule has 3 aromatic rings. The van der Waals surface area contributed by atoms with Crippen LogP contribution < -0.4 is 9.62 Å². The van der Waals surface area contributed by atoms with Crippen LogP contribution in [0.4, 0.5) is 5.69 Å². The van der Waals surface area contributed by atoms with Crippen molar-refractivity contribution in [3.05, 3.63) is 78.4 Å². The summed E-state index contributed by atoms with van der Waals surface area (Å²) in [4.78, 5) is 12.5. The summed E-state index contributed by atoms with van der Waals surface area (Å²) in [6.07, 6.45) is 1.12. The molecule has 1 N–H and O–H groups in total. The molecule has 3 aromatic carbocycles. The summed E-state index contributed by atoms with van der Waals surface area (Å²) < 4.78 is 26.0. The van der Waals surface area contributed by atoms with Gasteiger partial charge in [0.05, 0.1) is 11.9 Å². The summed E-state index contributed by atoms with van der Waals surface area (Å²) in [5, 5.41) is 4.57. The van der Waals surface area contributed by atoms with Crippen molar-refractivity contribution in [2.45, 2.75) is 12.8 Å². The molecule has 0 aromatic heterocycles. The summed E-state index contributed by atoms with van der Waals surface area (Å²) in [5.74, 6) is -0.199. The van der Waals surface area contributed by atoms with Gasteiger partial charge in [0.2, 0.25) is 15.9 Å². The van der Waals surface area contributed by atoms with Gasteiger partial charge >= 0.3 is 0 Å². The Bertz CT molecular complexity index is 1060. The second-order valence-corrected chi connectivity index (χ2v) is 8.79. The number of rotatable bonds is 7. The maximum atomic E-state index is 12.5. The molecule has 0 aliphatic rings. The first-order valence-electron chi connectivity index (χ1n) is 9.13. The van der Waals surface area contributed by atoms with Gasteiger partial charge < -0.3 is 5.32 Å². The largest absolute Gasteiger partial charge is 0.354 e. The Kier molecular flexibility index (Phi) is 5.99. The number of anilines is 1. The lowest BCUT2D eigenvalue weighted by Crippen LogP contribution is -2.41. The second kappa shape index (κ2) is 8.44. The first-order valence-corrected chi connectivity index (χ1v) is 11.0. The van der Waals surface area contributed by atoms with Crippen molar-refractivity contribution < 1.29 is 13.2 Å². The summed E-state index contributed by atoms with van der Waals surface area (Å²) in [6, 6.07) is 22.9. The third-order valence-electron chi connectivity index (χ3n) is 4.70. The Labute approximate surface area is 166 Å². The molecule has 0 aliphatic heterocycles. The van der Waals surface area contributed by atoms with Crippen LogP contribution in [-0.4, -0.2) is 33.7 Å². The highest BCUT2D eigenvalue weighted by atomic mass is 32.2. The third-order valence-corrected chi connectivity index (χ3v) is 5.82. The van der Waals surface area contributed by atoms with Gasteiger partial charge in [0.25, 0.3) is 0 Å². The van der Waals surface area contributed by atoms with E-state index < -0.39 is 10.0 Å². The summed E-state index contributed by atoms with van der Waals surface area (Å²) in [6.45, 7) is 2.21. The zero-order chi connectivity index (χ0) is 20.1. The number of fused-ring (bicyclic) bond motifs is 1. The first kappa shape index (κ1) is 19.9. The molecular formula is C22H24N2O3S. The van der Waals surface area contributed by atoms with Crippen LogP contribution in [0, 0.1) is 0 Å². The number of nitrogens with zero attached hydrogens (tertiary/aromatic N) is 1. The van der Waals surface area contributed by atoms with Gasteiger partial charge in [-0.2, -0.15) is 0 Å². The summed E-state index contributed by atoms with van der Waals surface area (Å²) in [5.41, 5.74) is 1.63. The molecule has 0 radical (unpaired) electrons. The number of benzene rings is 3. The average Bonchev–Trinajstić information content (AvgIpc) is 2.69. The minimum Gasteiger partial charge on any atom is -0.354 e. The van der Waals surface area contributed by atoms with Gasteiger partial charge in [-0.1, -0.05) is 73.7 Å². The molecule has 0 aliphatic carbocycles. The van der Waals surface area contributed by atoms with E-state index in [1.165, 1.54) is 0 Å². The molecule has 0 saturated heterocycles. The van der Waals surface area contributed by atoms with Crippen LogP contribution in [0.1, 0.15) is 18.4 Å². The maximum absolute atomic E-state index is 12.5. The lowest BCUT2D eigenvalue weighted by atomic mass is 10.0. The highest BCUT2D eigenvalue weighted by Crippen LogP contribution is 2.28. The van der Waals surface area contributed by atoms with Gasteiger partial charge in [0.1, 0.15) is 6.54 Å². The molecule has 5 nitrogen and oxygen atoms in total. The number of hydrogen-bond acceptors (Lipinski definition) is 3. The van der Waals surface area contributed by atoms with Crippen LogP contribution in [0.15, 0.2) is 72.8 Å². The lowest BCUT2D eigenvalue weighted by molar-refractivity contribution is -0.119. The number of carbonyl (C=O) groups excluding carboxylic acids is 1. The van der Waals surface area contributed by atoms with Gasteiger partial charge in [-0.05, 0) is 22.9 Å². The number of nitrogens with one attached hydrogen (secondary N) is 1. The monoisotopic (exact) mass is 396 g/mol. The molecule has 28 heavy (non-hydrogen) atoms. The smallest absolute Gasteiger partial charge is 0.240 e. The van der Waals surface area contributed by atoms with Crippen molar-refractivity contribution in [2.24, 2.45) is 0 Å². The fourth-order valence-corrected chi connectivity index (χ4v) is 4.03. The zero-order valence-corrected chi connectivity index (χ0v) is 16.8. The van der Waals surface area contributed by atoms with E-state index in [9.17, 15) is 13.2 Å². The molecule has 0 unspecified atom stereocenters. The highest BCUT2D eigenvalue weighted by molar-refractivity contribution is 7.92. The summed E-state index contributed by atoms with van der Waals surface area (Å²) in [7, 11) is -3.62. The van der Waals surface area contributed by atoms with Gasteiger partial charge in [0, 0.05) is 11.9 Å². The molecule has 1 amide bonds. The van der Waals surface area contributed by atoms with Crippen molar-refractivity contribution in [3.8, 4) is 0 Å². The maximum Gasteiger partial charge on any atom is 0.240 e. The zero-order valence-electron chi connectivity index (χ0n) is 16.0.